The Kier molecular flexibility index (Phi) is 4.82. The molecule has 0 aliphatic carbocycles. The van der Waals surface area contributed by atoms with Gasteiger partial charge < -0.3 is 11.1 Å². The lowest BCUT2D eigenvalue weighted by Crippen LogP contribution is -2.35. The molecule has 1 atom stereocenters. The Labute approximate surface area is 113 Å². The number of carbonyl (C=O) groups is 2. The molecule has 3 N–H and O–H groups in total. The predicted octanol–water partition coefficient (Wildman–Crippen LogP) is 1.24. The van der Waals surface area contributed by atoms with Gasteiger partial charge in [0.2, 0.25) is 5.91 Å². The number of nitro groups is 1. The van der Waals surface area contributed by atoms with Crippen molar-refractivity contribution in [2.45, 2.75) is 19.4 Å². The zero-order valence-corrected chi connectivity index (χ0v) is 10.8. The number of benzene rings is 1. The van der Waals surface area contributed by atoms with E-state index in [4.69, 9.17) is 17.3 Å². The minimum absolute atomic E-state index is 0.0211. The lowest BCUT2D eigenvalue weighted by molar-refractivity contribution is -0.384. The standard InChI is InChI=1S/C11H12ClN3O4/c1-6(5-9(13)16)14-11(17)7-3-2-4-8(10(7)12)15(18)19/h2-4,6H,5H2,1H3,(H2,13,16)(H,14,17). The van der Waals surface area contributed by atoms with Crippen LogP contribution in [0.4, 0.5) is 5.69 Å². The number of primary amides is 1. The van der Waals surface area contributed by atoms with Gasteiger partial charge in [-0.15, -0.1) is 0 Å². The SMILES string of the molecule is CC(CC(N)=O)NC(=O)c1cccc([N+](=O)[O-])c1Cl. The van der Waals surface area contributed by atoms with Gasteiger partial charge in [0.15, 0.2) is 0 Å². The van der Waals surface area contributed by atoms with Crippen molar-refractivity contribution in [1.82, 2.24) is 5.32 Å². The fourth-order valence-corrected chi connectivity index (χ4v) is 1.77. The Morgan fingerprint density at radius 2 is 2.16 bits per heavy atom. The molecule has 7 nitrogen and oxygen atoms in total. The molecule has 0 fully saturated rings. The van der Waals surface area contributed by atoms with Crippen LogP contribution >= 0.6 is 11.6 Å². The van der Waals surface area contributed by atoms with Gasteiger partial charge in [-0.3, -0.25) is 19.7 Å². The second-order valence-corrected chi connectivity index (χ2v) is 4.32. The van der Waals surface area contributed by atoms with Crippen molar-refractivity contribution in [3.8, 4) is 0 Å². The lowest BCUT2D eigenvalue weighted by atomic mass is 10.1. The monoisotopic (exact) mass is 285 g/mol. The fraction of sp³-hybridized carbons (Fsp3) is 0.273. The second kappa shape index (κ2) is 6.14. The molecule has 0 heterocycles. The molecule has 19 heavy (non-hydrogen) atoms. The summed E-state index contributed by atoms with van der Waals surface area (Å²) < 4.78 is 0. The van der Waals surface area contributed by atoms with E-state index in [0.29, 0.717) is 0 Å². The molecule has 102 valence electrons. The summed E-state index contributed by atoms with van der Waals surface area (Å²) >= 11 is 5.79. The summed E-state index contributed by atoms with van der Waals surface area (Å²) in [6, 6.07) is 3.44. The van der Waals surface area contributed by atoms with E-state index in [9.17, 15) is 19.7 Å². The van der Waals surface area contributed by atoms with Crippen molar-refractivity contribution >= 4 is 29.1 Å². The second-order valence-electron chi connectivity index (χ2n) is 3.94. The first-order valence-electron chi connectivity index (χ1n) is 5.35. The topological polar surface area (TPSA) is 115 Å². The van der Waals surface area contributed by atoms with E-state index >= 15 is 0 Å². The first-order valence-corrected chi connectivity index (χ1v) is 5.72. The number of carbonyl (C=O) groups excluding carboxylic acids is 2. The van der Waals surface area contributed by atoms with Crippen LogP contribution in [-0.4, -0.2) is 22.8 Å². The van der Waals surface area contributed by atoms with Crippen molar-refractivity contribution in [2.75, 3.05) is 0 Å². The molecule has 1 aromatic rings. The number of nitrogens with one attached hydrogen (secondary N) is 1. The molecule has 2 amide bonds. The largest absolute Gasteiger partial charge is 0.370 e. The normalized spacial score (nSPS) is 11.7. The summed E-state index contributed by atoms with van der Waals surface area (Å²) in [5, 5.41) is 12.9. The number of hydrogen-bond donors (Lipinski definition) is 2. The van der Waals surface area contributed by atoms with Gasteiger partial charge in [0, 0.05) is 18.5 Å². The summed E-state index contributed by atoms with van der Waals surface area (Å²) in [6.45, 7) is 1.59. The van der Waals surface area contributed by atoms with Crippen LogP contribution in [0.5, 0.6) is 0 Å². The zero-order valence-electron chi connectivity index (χ0n) is 10.1. The van der Waals surface area contributed by atoms with Crippen molar-refractivity contribution < 1.29 is 14.5 Å². The molecule has 0 aliphatic heterocycles. The van der Waals surface area contributed by atoms with Gasteiger partial charge in [-0.1, -0.05) is 17.7 Å². The van der Waals surface area contributed by atoms with E-state index in [0.717, 1.165) is 0 Å². The Morgan fingerprint density at radius 1 is 1.53 bits per heavy atom. The van der Waals surface area contributed by atoms with Gasteiger partial charge in [0.05, 0.1) is 10.5 Å². The van der Waals surface area contributed by atoms with Gasteiger partial charge in [-0.2, -0.15) is 0 Å². The molecule has 0 spiro atoms. The van der Waals surface area contributed by atoms with Crippen LogP contribution in [0.2, 0.25) is 5.02 Å². The highest BCUT2D eigenvalue weighted by atomic mass is 35.5. The first kappa shape index (κ1) is 14.9. The Bertz CT molecular complexity index is 533. The van der Waals surface area contributed by atoms with E-state index in [1.807, 2.05) is 0 Å². The quantitative estimate of drug-likeness (QED) is 0.625. The molecule has 0 saturated heterocycles. The summed E-state index contributed by atoms with van der Waals surface area (Å²) in [4.78, 5) is 32.6. The molecule has 0 saturated carbocycles. The smallest absolute Gasteiger partial charge is 0.288 e. The predicted molar refractivity (Wildman–Crippen MR) is 68.8 cm³/mol. The van der Waals surface area contributed by atoms with Crippen molar-refractivity contribution in [2.24, 2.45) is 5.73 Å². The highest BCUT2D eigenvalue weighted by Crippen LogP contribution is 2.27. The number of nitro benzene ring substituents is 1. The number of rotatable bonds is 5. The molecule has 1 aromatic carbocycles. The minimum atomic E-state index is -0.675. The van der Waals surface area contributed by atoms with E-state index < -0.39 is 22.8 Å². The van der Waals surface area contributed by atoms with E-state index in [-0.39, 0.29) is 22.7 Å². The third-order valence-electron chi connectivity index (χ3n) is 2.30. The summed E-state index contributed by atoms with van der Waals surface area (Å²) in [7, 11) is 0. The van der Waals surface area contributed by atoms with Crippen molar-refractivity contribution in [3.05, 3.63) is 38.9 Å². The Morgan fingerprint density at radius 3 is 2.68 bits per heavy atom. The van der Waals surface area contributed by atoms with Gasteiger partial charge in [0.1, 0.15) is 5.02 Å². The van der Waals surface area contributed by atoms with Crippen LogP contribution in [0.25, 0.3) is 0 Å². The van der Waals surface area contributed by atoms with Crippen LogP contribution < -0.4 is 11.1 Å². The van der Waals surface area contributed by atoms with Crippen LogP contribution in [0, 0.1) is 10.1 Å². The number of amides is 2. The summed E-state index contributed by atoms with van der Waals surface area (Å²) in [6.07, 6.45) is -0.0295. The van der Waals surface area contributed by atoms with Gasteiger partial charge in [-0.25, -0.2) is 0 Å². The third kappa shape index (κ3) is 3.92. The molecule has 8 heteroatoms. The van der Waals surface area contributed by atoms with Crippen molar-refractivity contribution in [3.63, 3.8) is 0 Å². The van der Waals surface area contributed by atoms with E-state index in [1.54, 1.807) is 6.92 Å². The molecule has 1 unspecified atom stereocenters. The molecular formula is C11H12ClN3O4. The molecular weight excluding hydrogens is 274 g/mol. The molecule has 0 aromatic heterocycles. The maximum atomic E-state index is 11.9. The van der Waals surface area contributed by atoms with Crippen LogP contribution in [0.1, 0.15) is 23.7 Å². The fourth-order valence-electron chi connectivity index (χ4n) is 1.49. The Hall–Kier alpha value is -2.15. The zero-order chi connectivity index (χ0) is 14.6. The van der Waals surface area contributed by atoms with Gasteiger partial charge in [0.25, 0.3) is 11.6 Å². The van der Waals surface area contributed by atoms with Crippen LogP contribution in [-0.2, 0) is 4.79 Å². The van der Waals surface area contributed by atoms with Gasteiger partial charge in [-0.05, 0) is 13.0 Å². The third-order valence-corrected chi connectivity index (χ3v) is 2.70. The average molecular weight is 286 g/mol. The first-order chi connectivity index (χ1) is 8.82. The minimum Gasteiger partial charge on any atom is -0.370 e. The number of hydrogen-bond acceptors (Lipinski definition) is 4. The maximum Gasteiger partial charge on any atom is 0.288 e. The number of halogens is 1. The summed E-state index contributed by atoms with van der Waals surface area (Å²) in [5.74, 6) is -1.15. The Balaban J connectivity index is 2.92. The maximum absolute atomic E-state index is 11.9. The molecule has 0 aliphatic rings. The summed E-state index contributed by atoms with van der Waals surface area (Å²) in [5.41, 5.74) is 4.62. The van der Waals surface area contributed by atoms with Crippen LogP contribution in [0.15, 0.2) is 18.2 Å². The highest BCUT2D eigenvalue weighted by Gasteiger charge is 2.21. The van der Waals surface area contributed by atoms with E-state index in [2.05, 4.69) is 5.32 Å². The highest BCUT2D eigenvalue weighted by molar-refractivity contribution is 6.35. The van der Waals surface area contributed by atoms with Crippen LogP contribution in [0.3, 0.4) is 0 Å². The lowest BCUT2D eigenvalue weighted by Gasteiger charge is -2.12. The molecule has 1 rings (SSSR count). The van der Waals surface area contributed by atoms with E-state index in [1.165, 1.54) is 18.2 Å². The van der Waals surface area contributed by atoms with Gasteiger partial charge >= 0.3 is 0 Å². The number of nitrogens with zero attached hydrogens (tertiary/aromatic N) is 1. The number of nitrogens with two attached hydrogens (primary N) is 1. The average Bonchev–Trinajstić information content (AvgIpc) is 2.27. The molecule has 0 radical (unpaired) electrons. The van der Waals surface area contributed by atoms with Crippen molar-refractivity contribution in [1.29, 1.82) is 0 Å². The molecule has 0 bridgehead atoms.